The average molecular weight is 389 g/mol. The van der Waals surface area contributed by atoms with E-state index >= 15 is 0 Å². The molecule has 4 heterocycles. The monoisotopic (exact) mass is 389 g/mol. The predicted octanol–water partition coefficient (Wildman–Crippen LogP) is 2.62. The van der Waals surface area contributed by atoms with E-state index in [0.717, 1.165) is 36.3 Å². The molecule has 0 spiro atoms. The molecule has 9 heteroatoms. The van der Waals surface area contributed by atoms with E-state index in [4.69, 9.17) is 9.51 Å². The number of pyridine rings is 1. The smallest absolute Gasteiger partial charge is 0.248 e. The summed E-state index contributed by atoms with van der Waals surface area (Å²) in [7, 11) is -3.64. The van der Waals surface area contributed by atoms with Crippen LogP contribution in [-0.2, 0) is 16.4 Å². The summed E-state index contributed by atoms with van der Waals surface area (Å²) in [6.45, 7) is 6.25. The van der Waals surface area contributed by atoms with E-state index in [1.54, 1.807) is 20.0 Å². The fourth-order valence-electron chi connectivity index (χ4n) is 3.87. The number of imidazole rings is 1. The molecule has 0 saturated carbocycles. The Balaban J connectivity index is 1.69. The van der Waals surface area contributed by atoms with E-state index in [9.17, 15) is 8.42 Å². The number of nitrogens with zero attached hydrogens (tertiary/aromatic N) is 5. The van der Waals surface area contributed by atoms with Crippen LogP contribution >= 0.6 is 0 Å². The van der Waals surface area contributed by atoms with Gasteiger partial charge < -0.3 is 9.09 Å². The Hall–Kier alpha value is -2.26. The minimum absolute atomic E-state index is 0.0155. The number of rotatable bonds is 5. The second-order valence-corrected chi connectivity index (χ2v) is 8.83. The highest BCUT2D eigenvalue weighted by molar-refractivity contribution is 7.89. The van der Waals surface area contributed by atoms with Gasteiger partial charge in [0.1, 0.15) is 21.9 Å². The van der Waals surface area contributed by atoms with Crippen molar-refractivity contribution in [1.29, 1.82) is 0 Å². The van der Waals surface area contributed by atoms with Crippen LogP contribution in [0.5, 0.6) is 0 Å². The molecule has 4 rings (SSSR count). The van der Waals surface area contributed by atoms with Gasteiger partial charge in [-0.3, -0.25) is 0 Å². The Bertz CT molecular complexity index is 1070. The summed E-state index contributed by atoms with van der Waals surface area (Å²) in [5, 5.41) is 3.80. The second-order valence-electron chi connectivity index (χ2n) is 6.95. The quantitative estimate of drug-likeness (QED) is 0.666. The van der Waals surface area contributed by atoms with Gasteiger partial charge in [0.25, 0.3) is 0 Å². The van der Waals surface area contributed by atoms with E-state index in [1.807, 2.05) is 12.1 Å². The lowest BCUT2D eigenvalue weighted by molar-refractivity contribution is 0.389. The molecular weight excluding hydrogens is 366 g/mol. The van der Waals surface area contributed by atoms with Crippen LogP contribution in [0.4, 0.5) is 0 Å². The van der Waals surface area contributed by atoms with E-state index in [0.29, 0.717) is 24.5 Å². The normalized spacial score (nSPS) is 18.6. The van der Waals surface area contributed by atoms with Gasteiger partial charge in [-0.25, -0.2) is 18.4 Å². The maximum atomic E-state index is 13.1. The van der Waals surface area contributed by atoms with E-state index in [1.165, 1.54) is 4.31 Å². The molecule has 3 aromatic heterocycles. The maximum absolute atomic E-state index is 13.1. The van der Waals surface area contributed by atoms with Gasteiger partial charge >= 0.3 is 0 Å². The predicted molar refractivity (Wildman–Crippen MR) is 99.9 cm³/mol. The fraction of sp³-hybridized carbons (Fsp3) is 0.500. The molecule has 1 aliphatic rings. The topological polar surface area (TPSA) is 94.1 Å². The van der Waals surface area contributed by atoms with E-state index < -0.39 is 10.0 Å². The number of hydrogen-bond donors (Lipinski definition) is 0. The first-order valence-electron chi connectivity index (χ1n) is 9.18. The number of sulfonamides is 1. The van der Waals surface area contributed by atoms with Gasteiger partial charge in [-0.1, -0.05) is 12.1 Å². The van der Waals surface area contributed by atoms with Gasteiger partial charge in [0.2, 0.25) is 10.0 Å². The maximum Gasteiger partial charge on any atom is 0.248 e. The summed E-state index contributed by atoms with van der Waals surface area (Å²) in [5.41, 5.74) is 2.08. The summed E-state index contributed by atoms with van der Waals surface area (Å²) >= 11 is 0. The minimum Gasteiger partial charge on any atom is -0.360 e. The lowest BCUT2D eigenvalue weighted by Gasteiger charge is -2.18. The van der Waals surface area contributed by atoms with Crippen LogP contribution in [0.2, 0.25) is 0 Å². The van der Waals surface area contributed by atoms with Gasteiger partial charge in [0, 0.05) is 25.7 Å². The SMILES string of the molecule is CCCc1nc2cccnc2n1C1CCN(S(=O)(=O)c2c(C)noc2C)C1. The van der Waals surface area contributed by atoms with Crippen molar-refractivity contribution in [2.24, 2.45) is 0 Å². The molecule has 144 valence electrons. The number of aryl methyl sites for hydroxylation is 3. The summed E-state index contributed by atoms with van der Waals surface area (Å²) in [6.07, 6.45) is 4.28. The van der Waals surface area contributed by atoms with Crippen molar-refractivity contribution >= 4 is 21.2 Å². The zero-order chi connectivity index (χ0) is 19.2. The molecule has 8 nitrogen and oxygen atoms in total. The molecule has 0 radical (unpaired) electrons. The summed E-state index contributed by atoms with van der Waals surface area (Å²) in [4.78, 5) is 9.41. The first-order chi connectivity index (χ1) is 12.9. The van der Waals surface area contributed by atoms with Crippen molar-refractivity contribution in [3.05, 3.63) is 35.6 Å². The number of fused-ring (bicyclic) bond motifs is 1. The number of aromatic nitrogens is 4. The van der Waals surface area contributed by atoms with Gasteiger partial charge in [-0.15, -0.1) is 0 Å². The highest BCUT2D eigenvalue weighted by Gasteiger charge is 2.37. The Kier molecular flexibility index (Phi) is 4.51. The van der Waals surface area contributed by atoms with Gasteiger partial charge in [-0.05, 0) is 38.8 Å². The Morgan fingerprint density at radius 2 is 2.15 bits per heavy atom. The van der Waals surface area contributed by atoms with Crippen LogP contribution < -0.4 is 0 Å². The van der Waals surface area contributed by atoms with Crippen molar-refractivity contribution < 1.29 is 12.9 Å². The van der Waals surface area contributed by atoms with Crippen LogP contribution in [0.15, 0.2) is 27.7 Å². The van der Waals surface area contributed by atoms with Crippen LogP contribution in [0.25, 0.3) is 11.2 Å². The Labute approximate surface area is 158 Å². The zero-order valence-corrected chi connectivity index (χ0v) is 16.5. The summed E-state index contributed by atoms with van der Waals surface area (Å²) in [6, 6.07) is 3.84. The molecule has 3 aromatic rings. The van der Waals surface area contributed by atoms with Crippen LogP contribution in [0.3, 0.4) is 0 Å². The lowest BCUT2D eigenvalue weighted by atomic mass is 10.2. The molecule has 0 aliphatic carbocycles. The van der Waals surface area contributed by atoms with Crippen LogP contribution in [0.1, 0.15) is 43.1 Å². The third kappa shape index (κ3) is 2.94. The molecule has 0 bridgehead atoms. The van der Waals surface area contributed by atoms with Crippen molar-refractivity contribution in [1.82, 2.24) is 24.0 Å². The van der Waals surface area contributed by atoms with Crippen molar-refractivity contribution in [3.63, 3.8) is 0 Å². The van der Waals surface area contributed by atoms with Gasteiger partial charge in [0.15, 0.2) is 11.4 Å². The number of hydrogen-bond acceptors (Lipinski definition) is 6. The molecule has 1 fully saturated rings. The van der Waals surface area contributed by atoms with E-state index in [2.05, 4.69) is 21.6 Å². The minimum atomic E-state index is -3.64. The highest BCUT2D eigenvalue weighted by atomic mass is 32.2. The standard InChI is InChI=1S/C18H23N5O3S/c1-4-6-16-20-15-7-5-9-19-18(15)23(16)14-8-10-22(11-14)27(24,25)17-12(2)21-26-13(17)3/h5,7,9,14H,4,6,8,10-11H2,1-3H3. The van der Waals surface area contributed by atoms with Crippen molar-refractivity contribution in [2.45, 2.75) is 51.0 Å². The van der Waals surface area contributed by atoms with Gasteiger partial charge in [0.05, 0.1) is 6.04 Å². The zero-order valence-electron chi connectivity index (χ0n) is 15.7. The van der Waals surface area contributed by atoms with Crippen molar-refractivity contribution in [2.75, 3.05) is 13.1 Å². The van der Waals surface area contributed by atoms with E-state index in [-0.39, 0.29) is 10.9 Å². The lowest BCUT2D eigenvalue weighted by Crippen LogP contribution is -2.30. The molecule has 0 amide bonds. The highest BCUT2D eigenvalue weighted by Crippen LogP contribution is 2.32. The largest absolute Gasteiger partial charge is 0.360 e. The molecule has 0 aromatic carbocycles. The van der Waals surface area contributed by atoms with Crippen molar-refractivity contribution in [3.8, 4) is 0 Å². The Morgan fingerprint density at radius 1 is 1.33 bits per heavy atom. The molecule has 27 heavy (non-hydrogen) atoms. The first kappa shape index (κ1) is 18.1. The third-order valence-corrected chi connectivity index (χ3v) is 7.16. The average Bonchev–Trinajstić information content (AvgIpc) is 3.32. The second kappa shape index (κ2) is 6.72. The molecule has 1 aliphatic heterocycles. The summed E-state index contributed by atoms with van der Waals surface area (Å²) < 4.78 is 34.9. The van der Waals surface area contributed by atoms with Gasteiger partial charge in [-0.2, -0.15) is 4.31 Å². The molecule has 0 N–H and O–H groups in total. The third-order valence-electron chi connectivity index (χ3n) is 5.05. The molecule has 1 atom stereocenters. The molecule has 1 saturated heterocycles. The fourth-order valence-corrected chi connectivity index (χ4v) is 5.66. The molecular formula is C18H23N5O3S. The Morgan fingerprint density at radius 3 is 2.85 bits per heavy atom. The van der Waals surface area contributed by atoms with Crippen LogP contribution in [-0.4, -0.2) is 45.5 Å². The summed E-state index contributed by atoms with van der Waals surface area (Å²) in [5.74, 6) is 1.30. The van der Waals surface area contributed by atoms with Crippen LogP contribution in [0, 0.1) is 13.8 Å². The first-order valence-corrected chi connectivity index (χ1v) is 10.6. The molecule has 1 unspecified atom stereocenters.